The molecule has 0 fully saturated rings. The predicted molar refractivity (Wildman–Crippen MR) is 41.3 cm³/mol. The zero-order valence-corrected chi connectivity index (χ0v) is 10.3. The molecule has 0 amide bonds. The molecule has 0 radical (unpaired) electrons. The minimum Gasteiger partial charge on any atom is -0.341 e. The number of halogens is 1. The van der Waals surface area contributed by atoms with Gasteiger partial charge in [-0.2, -0.15) is 5.92 Å². The van der Waals surface area contributed by atoms with Crippen molar-refractivity contribution in [1.82, 2.24) is 0 Å². The molecule has 0 aromatic rings. The topological polar surface area (TPSA) is 0 Å². The number of rotatable bonds is 3. The van der Waals surface area contributed by atoms with E-state index in [-0.39, 0.29) is 31.9 Å². The normalized spacial score (nSPS) is 11.0. The van der Waals surface area contributed by atoms with Gasteiger partial charge in [0.15, 0.2) is 0 Å². The van der Waals surface area contributed by atoms with Crippen molar-refractivity contribution in [3.05, 3.63) is 6.92 Å². The third-order valence-electron chi connectivity index (χ3n) is 1.05. The molecule has 0 bridgehead atoms. The van der Waals surface area contributed by atoms with Crippen molar-refractivity contribution >= 4 is 12.4 Å². The van der Waals surface area contributed by atoms with Gasteiger partial charge < -0.3 is 6.92 Å². The Hall–Kier alpha value is 0.913. The molecule has 0 aliphatic carbocycles. The van der Waals surface area contributed by atoms with E-state index in [0.717, 1.165) is 0 Å². The molecule has 0 aromatic carbocycles. The summed E-state index contributed by atoms with van der Waals surface area (Å²) in [5, 5.41) is 0. The molecule has 0 rings (SSSR count). The second-order valence-electron chi connectivity index (χ2n) is 2.25. The van der Waals surface area contributed by atoms with Crippen LogP contribution in [0.2, 0.25) is 0 Å². The molecule has 54 valence electrons. The maximum Gasteiger partial charge on any atom is 0 e. The van der Waals surface area contributed by atoms with Gasteiger partial charge >= 0.3 is 0 Å². The van der Waals surface area contributed by atoms with Gasteiger partial charge in [0.25, 0.3) is 0 Å². The summed E-state index contributed by atoms with van der Waals surface area (Å²) in [6, 6.07) is 0. The van der Waals surface area contributed by atoms with E-state index in [9.17, 15) is 0 Å². The van der Waals surface area contributed by atoms with Gasteiger partial charge in [-0.25, -0.2) is 0 Å². The fraction of sp³-hybridized carbons (Fsp3) is 0.857. The van der Waals surface area contributed by atoms with Gasteiger partial charge in [0.2, 0.25) is 0 Å². The van der Waals surface area contributed by atoms with Gasteiger partial charge in [-0.3, -0.25) is 0 Å². The van der Waals surface area contributed by atoms with Crippen LogP contribution in [-0.2, 0) is 19.5 Å². The van der Waals surface area contributed by atoms with E-state index in [1.54, 1.807) is 0 Å². The number of unbranched alkanes of at least 4 members (excludes halogenated alkanes) is 1. The zero-order valence-electron chi connectivity index (χ0n) is 6.52. The standard InChI is InChI=1S/C7H15.ClH.Zn/c1-4-5-6-7(2)3;;/h7H,2,4-6H2,1,3H3;1H;/q-1;;. The maximum atomic E-state index is 3.88. The van der Waals surface area contributed by atoms with Gasteiger partial charge in [-0.1, -0.05) is 33.1 Å². The summed E-state index contributed by atoms with van der Waals surface area (Å²) in [7, 11) is 0. The maximum absolute atomic E-state index is 3.88. The molecule has 0 heterocycles. The molecule has 1 unspecified atom stereocenters. The second kappa shape index (κ2) is 11.7. The van der Waals surface area contributed by atoms with Crippen molar-refractivity contribution in [1.29, 1.82) is 0 Å². The van der Waals surface area contributed by atoms with Gasteiger partial charge in [-0.15, -0.1) is 12.4 Å². The Kier molecular flexibility index (Phi) is 21.4. The third-order valence-corrected chi connectivity index (χ3v) is 1.05. The average molecular weight is 201 g/mol. The summed E-state index contributed by atoms with van der Waals surface area (Å²) >= 11 is 0. The summed E-state index contributed by atoms with van der Waals surface area (Å²) in [6.07, 6.45) is 3.93. The summed E-state index contributed by atoms with van der Waals surface area (Å²) in [4.78, 5) is 0. The molecule has 0 nitrogen and oxygen atoms in total. The van der Waals surface area contributed by atoms with E-state index in [1.165, 1.54) is 19.3 Å². The van der Waals surface area contributed by atoms with Crippen molar-refractivity contribution in [3.63, 3.8) is 0 Å². The molecule has 0 N–H and O–H groups in total. The Morgan fingerprint density at radius 3 is 2.00 bits per heavy atom. The Labute approximate surface area is 78.0 Å². The predicted octanol–water partition coefficient (Wildman–Crippen LogP) is 3.07. The first-order valence-electron chi connectivity index (χ1n) is 3.10. The van der Waals surface area contributed by atoms with Crippen LogP contribution in [0.1, 0.15) is 33.1 Å². The quantitative estimate of drug-likeness (QED) is 0.486. The van der Waals surface area contributed by atoms with Crippen LogP contribution in [0.25, 0.3) is 0 Å². The minimum atomic E-state index is 0. The molecule has 2 heteroatoms. The Balaban J connectivity index is -0.000000180. The van der Waals surface area contributed by atoms with Crippen LogP contribution in [0.4, 0.5) is 0 Å². The van der Waals surface area contributed by atoms with Crippen LogP contribution < -0.4 is 0 Å². The van der Waals surface area contributed by atoms with Crippen LogP contribution in [-0.4, -0.2) is 0 Å². The number of hydrogen-bond acceptors (Lipinski definition) is 0. The van der Waals surface area contributed by atoms with E-state index in [1.807, 2.05) is 0 Å². The van der Waals surface area contributed by atoms with Gasteiger partial charge in [-0.05, 0) is 0 Å². The van der Waals surface area contributed by atoms with E-state index in [4.69, 9.17) is 0 Å². The minimum absolute atomic E-state index is 0. The molecule has 0 saturated carbocycles. The fourth-order valence-corrected chi connectivity index (χ4v) is 0.553. The first-order valence-corrected chi connectivity index (χ1v) is 3.10. The van der Waals surface area contributed by atoms with Crippen molar-refractivity contribution in [2.45, 2.75) is 33.1 Å². The van der Waals surface area contributed by atoms with Crippen molar-refractivity contribution < 1.29 is 19.5 Å². The molecule has 0 aromatic heterocycles. The SMILES string of the molecule is Cl.[CH2-]C(C)CCCC.[Zn]. The smallest absolute Gasteiger partial charge is 0 e. The molecule has 0 saturated heterocycles. The molecule has 9 heavy (non-hydrogen) atoms. The van der Waals surface area contributed by atoms with Crippen molar-refractivity contribution in [2.24, 2.45) is 5.92 Å². The monoisotopic (exact) mass is 199 g/mol. The third kappa shape index (κ3) is 17.6. The van der Waals surface area contributed by atoms with E-state index in [0.29, 0.717) is 5.92 Å². The Morgan fingerprint density at radius 1 is 1.44 bits per heavy atom. The van der Waals surface area contributed by atoms with Crippen LogP contribution >= 0.6 is 12.4 Å². The second-order valence-corrected chi connectivity index (χ2v) is 2.25. The van der Waals surface area contributed by atoms with Crippen molar-refractivity contribution in [2.75, 3.05) is 0 Å². The van der Waals surface area contributed by atoms with Crippen LogP contribution in [0, 0.1) is 12.8 Å². The summed E-state index contributed by atoms with van der Waals surface area (Å²) in [6.45, 7) is 8.25. The molecule has 0 spiro atoms. The molecule has 0 aliphatic rings. The molecule has 1 atom stereocenters. The molecular formula is C7H16ClZn-. The first-order chi connectivity index (χ1) is 3.27. The Morgan fingerprint density at radius 2 is 1.89 bits per heavy atom. The largest absolute Gasteiger partial charge is 0.341 e. The summed E-state index contributed by atoms with van der Waals surface area (Å²) in [5.41, 5.74) is 0. The van der Waals surface area contributed by atoms with E-state index < -0.39 is 0 Å². The van der Waals surface area contributed by atoms with Gasteiger partial charge in [0.1, 0.15) is 0 Å². The first kappa shape index (κ1) is 16.5. The van der Waals surface area contributed by atoms with Crippen LogP contribution in [0.3, 0.4) is 0 Å². The van der Waals surface area contributed by atoms with E-state index >= 15 is 0 Å². The average Bonchev–Trinajstić information content (AvgIpc) is 1.61. The molecular weight excluding hydrogens is 185 g/mol. The molecule has 0 aliphatic heterocycles. The fourth-order valence-electron chi connectivity index (χ4n) is 0.553. The van der Waals surface area contributed by atoms with Gasteiger partial charge in [0.05, 0.1) is 0 Å². The van der Waals surface area contributed by atoms with Crippen LogP contribution in [0.5, 0.6) is 0 Å². The summed E-state index contributed by atoms with van der Waals surface area (Å²) < 4.78 is 0. The summed E-state index contributed by atoms with van der Waals surface area (Å²) in [5.74, 6) is 0.653. The van der Waals surface area contributed by atoms with Gasteiger partial charge in [0, 0.05) is 19.5 Å². The zero-order chi connectivity index (χ0) is 5.70. The van der Waals surface area contributed by atoms with Crippen LogP contribution in [0.15, 0.2) is 0 Å². The van der Waals surface area contributed by atoms with Crippen molar-refractivity contribution in [3.8, 4) is 0 Å². The number of hydrogen-bond donors (Lipinski definition) is 0. The Bertz CT molecular complexity index is 37.9. The van der Waals surface area contributed by atoms with E-state index in [2.05, 4.69) is 20.8 Å².